The zero-order chi connectivity index (χ0) is 37.0. The number of hydrogen-bond acceptors (Lipinski definition) is 4. The molecule has 56 heavy (non-hydrogen) atoms. The predicted molar refractivity (Wildman–Crippen MR) is 233 cm³/mol. The van der Waals surface area contributed by atoms with Crippen LogP contribution in [-0.2, 0) is 0 Å². The minimum Gasteiger partial charge on any atom is -0.456 e. The largest absolute Gasteiger partial charge is 0.456 e. The molecule has 0 spiro atoms. The van der Waals surface area contributed by atoms with Gasteiger partial charge in [0.1, 0.15) is 11.2 Å². The number of furan rings is 1. The molecule has 262 valence electrons. The van der Waals surface area contributed by atoms with Crippen LogP contribution in [0.5, 0.6) is 0 Å². The molecule has 0 aliphatic carbocycles. The van der Waals surface area contributed by atoms with Gasteiger partial charge in [0.2, 0.25) is 0 Å². The summed E-state index contributed by atoms with van der Waals surface area (Å²) in [5, 5.41) is 6.72. The molecule has 11 aromatic rings. The molecule has 0 aliphatic rings. The van der Waals surface area contributed by atoms with Crippen molar-refractivity contribution in [2.45, 2.75) is 0 Å². The SMILES string of the molecule is c1ccc(-c2nc3ccc4ccc5ccc(-c6ccc7oc8cc(N(c9ccccc9)c9ccccc9)ccc8c7c6)cc5c4c3nc2-c2ccccc2)cc1. The van der Waals surface area contributed by atoms with Crippen molar-refractivity contribution in [2.75, 3.05) is 4.90 Å². The van der Waals surface area contributed by atoms with Gasteiger partial charge in [0, 0.05) is 50.4 Å². The number of rotatable bonds is 6. The van der Waals surface area contributed by atoms with Crippen molar-refractivity contribution in [3.05, 3.63) is 200 Å². The van der Waals surface area contributed by atoms with Gasteiger partial charge < -0.3 is 9.32 Å². The lowest BCUT2D eigenvalue weighted by Gasteiger charge is -2.25. The topological polar surface area (TPSA) is 42.2 Å². The average molecular weight is 716 g/mol. The van der Waals surface area contributed by atoms with Crippen LogP contribution in [0.3, 0.4) is 0 Å². The number of anilines is 3. The molecular formula is C52H33N3O. The fraction of sp³-hybridized carbons (Fsp3) is 0. The standard InChI is InChI=1S/C52H33N3O/c1-5-13-36(14-6-1)50-51(37-15-7-2-8-16-37)54-52-46(53-50)29-25-35-23-21-34-22-24-38(31-44(34)49(35)52)39-26-30-47-45(32-39)43-28-27-42(33-48(43)56-47)55(40-17-9-3-10-18-40)41-19-11-4-12-20-41/h1-33H. The third-order valence-corrected chi connectivity index (χ3v) is 10.8. The van der Waals surface area contributed by atoms with Gasteiger partial charge in [-0.25, -0.2) is 9.97 Å². The van der Waals surface area contributed by atoms with Gasteiger partial charge in [0.05, 0.1) is 22.4 Å². The Morgan fingerprint density at radius 2 is 0.911 bits per heavy atom. The Morgan fingerprint density at radius 1 is 0.357 bits per heavy atom. The Kier molecular flexibility index (Phi) is 7.46. The van der Waals surface area contributed by atoms with E-state index >= 15 is 0 Å². The molecule has 2 heterocycles. The van der Waals surface area contributed by atoms with E-state index in [2.05, 4.69) is 181 Å². The molecule has 0 unspecified atom stereocenters. The Labute approximate surface area is 323 Å². The molecule has 0 bridgehead atoms. The molecule has 0 fully saturated rings. The van der Waals surface area contributed by atoms with Crippen molar-refractivity contribution in [3.63, 3.8) is 0 Å². The number of hydrogen-bond donors (Lipinski definition) is 0. The van der Waals surface area contributed by atoms with Gasteiger partial charge in [0.25, 0.3) is 0 Å². The fourth-order valence-electron chi connectivity index (χ4n) is 8.12. The van der Waals surface area contributed by atoms with Crippen molar-refractivity contribution in [1.82, 2.24) is 9.97 Å². The molecule has 9 aromatic carbocycles. The van der Waals surface area contributed by atoms with Crippen molar-refractivity contribution in [2.24, 2.45) is 0 Å². The van der Waals surface area contributed by atoms with Crippen molar-refractivity contribution in [1.29, 1.82) is 0 Å². The summed E-state index contributed by atoms with van der Waals surface area (Å²) < 4.78 is 6.53. The molecule has 4 nitrogen and oxygen atoms in total. The highest BCUT2D eigenvalue weighted by molar-refractivity contribution is 6.19. The van der Waals surface area contributed by atoms with Gasteiger partial charge in [0.15, 0.2) is 0 Å². The van der Waals surface area contributed by atoms with E-state index in [1.165, 1.54) is 0 Å². The summed E-state index contributed by atoms with van der Waals surface area (Å²) >= 11 is 0. The summed E-state index contributed by atoms with van der Waals surface area (Å²) in [6.45, 7) is 0. The van der Waals surface area contributed by atoms with Gasteiger partial charge in [-0.15, -0.1) is 0 Å². The lowest BCUT2D eigenvalue weighted by atomic mass is 9.95. The highest BCUT2D eigenvalue weighted by Crippen LogP contribution is 2.41. The smallest absolute Gasteiger partial charge is 0.137 e. The number of para-hydroxylation sites is 2. The van der Waals surface area contributed by atoms with E-state index in [0.717, 1.165) is 105 Å². The first-order valence-electron chi connectivity index (χ1n) is 18.9. The van der Waals surface area contributed by atoms with Crippen LogP contribution < -0.4 is 4.90 Å². The van der Waals surface area contributed by atoms with Gasteiger partial charge in [-0.2, -0.15) is 0 Å². The van der Waals surface area contributed by atoms with Gasteiger partial charge in [-0.1, -0.05) is 133 Å². The molecule has 4 heteroatoms. The lowest BCUT2D eigenvalue weighted by Crippen LogP contribution is -2.09. The maximum Gasteiger partial charge on any atom is 0.137 e. The maximum absolute atomic E-state index is 6.53. The van der Waals surface area contributed by atoms with Crippen LogP contribution in [0, 0.1) is 0 Å². The van der Waals surface area contributed by atoms with E-state index in [1.807, 2.05) is 24.3 Å². The molecule has 0 aliphatic heterocycles. The minimum absolute atomic E-state index is 0.852. The maximum atomic E-state index is 6.53. The second kappa shape index (κ2) is 13.1. The van der Waals surface area contributed by atoms with E-state index in [9.17, 15) is 0 Å². The minimum atomic E-state index is 0.852. The Hall–Kier alpha value is -7.56. The van der Waals surface area contributed by atoms with Gasteiger partial charge in [-0.3, -0.25) is 0 Å². The first-order chi connectivity index (χ1) is 27.7. The molecule has 0 radical (unpaired) electrons. The van der Waals surface area contributed by atoms with Crippen LogP contribution in [0.2, 0.25) is 0 Å². The quantitative estimate of drug-likeness (QED) is 0.161. The van der Waals surface area contributed by atoms with Crippen LogP contribution in [0.4, 0.5) is 17.1 Å². The summed E-state index contributed by atoms with van der Waals surface area (Å²) in [5.74, 6) is 0. The molecular weight excluding hydrogens is 683 g/mol. The van der Waals surface area contributed by atoms with E-state index in [4.69, 9.17) is 14.4 Å². The van der Waals surface area contributed by atoms with Crippen LogP contribution in [-0.4, -0.2) is 9.97 Å². The zero-order valence-corrected chi connectivity index (χ0v) is 30.3. The van der Waals surface area contributed by atoms with Crippen LogP contribution >= 0.6 is 0 Å². The van der Waals surface area contributed by atoms with Crippen molar-refractivity contribution in [3.8, 4) is 33.6 Å². The Morgan fingerprint density at radius 3 is 1.59 bits per heavy atom. The predicted octanol–water partition coefficient (Wildman–Crippen LogP) is 14.3. The number of fused-ring (bicyclic) bond motifs is 8. The highest BCUT2D eigenvalue weighted by atomic mass is 16.3. The summed E-state index contributed by atoms with van der Waals surface area (Å²) in [5.41, 5.74) is 12.8. The van der Waals surface area contributed by atoms with Gasteiger partial charge in [-0.05, 0) is 87.9 Å². The van der Waals surface area contributed by atoms with Gasteiger partial charge >= 0.3 is 0 Å². The summed E-state index contributed by atoms with van der Waals surface area (Å²) in [7, 11) is 0. The van der Waals surface area contributed by atoms with Crippen molar-refractivity contribution < 1.29 is 4.42 Å². The van der Waals surface area contributed by atoms with E-state index in [-0.39, 0.29) is 0 Å². The van der Waals surface area contributed by atoms with E-state index < -0.39 is 0 Å². The van der Waals surface area contributed by atoms with E-state index in [1.54, 1.807) is 0 Å². The normalized spacial score (nSPS) is 11.6. The monoisotopic (exact) mass is 715 g/mol. The molecule has 11 rings (SSSR count). The van der Waals surface area contributed by atoms with E-state index in [0.29, 0.717) is 0 Å². The molecule has 0 atom stereocenters. The van der Waals surface area contributed by atoms with Crippen LogP contribution in [0.25, 0.3) is 88.2 Å². The number of nitrogens with zero attached hydrogens (tertiary/aromatic N) is 3. The lowest BCUT2D eigenvalue weighted by molar-refractivity contribution is 0.669. The summed E-state index contributed by atoms with van der Waals surface area (Å²) in [4.78, 5) is 13.0. The third-order valence-electron chi connectivity index (χ3n) is 10.8. The zero-order valence-electron chi connectivity index (χ0n) is 30.3. The number of aromatic nitrogens is 2. The number of benzene rings is 9. The molecule has 0 saturated carbocycles. The fourth-order valence-corrected chi connectivity index (χ4v) is 8.12. The highest BCUT2D eigenvalue weighted by Gasteiger charge is 2.18. The molecule has 2 aromatic heterocycles. The summed E-state index contributed by atoms with van der Waals surface area (Å²) in [6.07, 6.45) is 0. The molecule has 0 saturated heterocycles. The molecule has 0 amide bonds. The van der Waals surface area contributed by atoms with Crippen molar-refractivity contribution >= 4 is 71.6 Å². The Balaban J connectivity index is 1.06. The Bertz CT molecular complexity index is 3190. The second-order valence-electron chi connectivity index (χ2n) is 14.2. The first-order valence-corrected chi connectivity index (χ1v) is 18.9. The summed E-state index contributed by atoms with van der Waals surface area (Å²) in [6, 6.07) is 70.1. The third kappa shape index (κ3) is 5.39. The van der Waals surface area contributed by atoms with Crippen LogP contribution in [0.1, 0.15) is 0 Å². The first kappa shape index (κ1) is 31.9. The second-order valence-corrected chi connectivity index (χ2v) is 14.2. The van der Waals surface area contributed by atoms with Crippen LogP contribution in [0.15, 0.2) is 205 Å². The molecule has 0 N–H and O–H groups in total. The average Bonchev–Trinajstić information content (AvgIpc) is 3.64.